The van der Waals surface area contributed by atoms with Gasteiger partial charge in [0.2, 0.25) is 0 Å². The molecule has 1 aromatic rings. The van der Waals surface area contributed by atoms with Crippen LogP contribution in [0.1, 0.15) is 12.8 Å². The molecule has 0 saturated carbocycles. The highest BCUT2D eigenvalue weighted by molar-refractivity contribution is 8.00. The van der Waals surface area contributed by atoms with E-state index in [1.807, 2.05) is 11.0 Å². The lowest BCUT2D eigenvalue weighted by Gasteiger charge is -2.46. The Bertz CT molecular complexity index is 760. The fraction of sp³-hybridized carbons (Fsp3) is 0.353. The molecule has 0 aliphatic carbocycles. The lowest BCUT2D eigenvalue weighted by Crippen LogP contribution is -2.49. The van der Waals surface area contributed by atoms with Gasteiger partial charge in [0.1, 0.15) is 5.70 Å². The third-order valence-electron chi connectivity index (χ3n) is 4.62. The Morgan fingerprint density at radius 3 is 2.96 bits per heavy atom. The normalized spacial score (nSPS) is 25.1. The third-order valence-corrected chi connectivity index (χ3v) is 5.97. The van der Waals surface area contributed by atoms with Crippen LogP contribution in [0.25, 0.3) is 0 Å². The minimum Gasteiger partial charge on any atom is -0.477 e. The molecule has 7 heteroatoms. The number of anilines is 1. The zero-order valence-electron chi connectivity index (χ0n) is 13.0. The molecule has 2 saturated heterocycles. The minimum absolute atomic E-state index is 0.0593. The molecule has 0 spiro atoms. The summed E-state index contributed by atoms with van der Waals surface area (Å²) in [6.07, 6.45) is 6.79. The Morgan fingerprint density at radius 1 is 1.42 bits per heavy atom. The molecule has 6 nitrogen and oxygen atoms in total. The number of hydrogen-bond acceptors (Lipinski definition) is 5. The van der Waals surface area contributed by atoms with E-state index in [0.29, 0.717) is 30.0 Å². The Labute approximate surface area is 143 Å². The zero-order valence-corrected chi connectivity index (χ0v) is 13.8. The number of carboxylic acids is 1. The van der Waals surface area contributed by atoms with Gasteiger partial charge in [-0.25, -0.2) is 4.79 Å². The van der Waals surface area contributed by atoms with Gasteiger partial charge in [0, 0.05) is 30.6 Å². The number of thioether (sulfide) groups is 1. The number of aromatic nitrogens is 1. The Balaban J connectivity index is 1.63. The van der Waals surface area contributed by atoms with Crippen molar-refractivity contribution < 1.29 is 14.7 Å². The molecule has 2 fully saturated rings. The number of carbonyl (C=O) groups is 2. The minimum atomic E-state index is -0.901. The molecule has 0 radical (unpaired) electrons. The van der Waals surface area contributed by atoms with Crippen molar-refractivity contribution in [2.75, 3.05) is 23.7 Å². The molecule has 1 N–H and O–H groups in total. The molecule has 1 atom stereocenters. The summed E-state index contributed by atoms with van der Waals surface area (Å²) in [6.45, 7) is 1.38. The molecular weight excluding hydrogens is 326 g/mol. The second kappa shape index (κ2) is 5.98. The second-order valence-electron chi connectivity index (χ2n) is 6.01. The number of aliphatic carboxylic acids is 1. The van der Waals surface area contributed by atoms with Gasteiger partial charge in [0.15, 0.2) is 0 Å². The molecule has 3 aliphatic heterocycles. The quantitative estimate of drug-likeness (QED) is 0.845. The van der Waals surface area contributed by atoms with Crippen LogP contribution in [-0.4, -0.2) is 51.1 Å². The number of fused-ring (bicyclic) bond motifs is 1. The fourth-order valence-corrected chi connectivity index (χ4v) is 4.57. The summed E-state index contributed by atoms with van der Waals surface area (Å²) in [4.78, 5) is 32.0. The van der Waals surface area contributed by atoms with Crippen molar-refractivity contribution in [3.05, 3.63) is 47.4 Å². The van der Waals surface area contributed by atoms with E-state index in [9.17, 15) is 14.7 Å². The highest BCUT2D eigenvalue weighted by Crippen LogP contribution is 2.40. The molecule has 24 heavy (non-hydrogen) atoms. The summed E-state index contributed by atoms with van der Waals surface area (Å²) in [5.74, 6) is -0.315. The van der Waals surface area contributed by atoms with Gasteiger partial charge in [0.25, 0.3) is 5.91 Å². The lowest BCUT2D eigenvalue weighted by atomic mass is 10.1. The van der Waals surface area contributed by atoms with Gasteiger partial charge in [-0.15, -0.1) is 11.8 Å². The second-order valence-corrected chi connectivity index (χ2v) is 7.18. The number of amides is 1. The average molecular weight is 343 g/mol. The van der Waals surface area contributed by atoms with Crippen LogP contribution in [0.4, 0.5) is 5.69 Å². The van der Waals surface area contributed by atoms with Crippen LogP contribution >= 0.6 is 11.8 Å². The van der Waals surface area contributed by atoms with Crippen LogP contribution in [-0.2, 0) is 9.59 Å². The molecule has 1 amide bonds. The molecule has 3 aliphatic rings. The van der Waals surface area contributed by atoms with E-state index in [0.717, 1.165) is 24.2 Å². The van der Waals surface area contributed by atoms with Gasteiger partial charge in [0.05, 0.1) is 17.3 Å². The van der Waals surface area contributed by atoms with Gasteiger partial charge >= 0.3 is 5.97 Å². The van der Waals surface area contributed by atoms with Gasteiger partial charge in [-0.1, -0.05) is 0 Å². The first-order valence-electron chi connectivity index (χ1n) is 7.92. The van der Waals surface area contributed by atoms with Crippen LogP contribution in [0.3, 0.4) is 0 Å². The van der Waals surface area contributed by atoms with Gasteiger partial charge in [-0.3, -0.25) is 9.78 Å². The molecular formula is C17H17N3O3S. The number of nitrogens with zero attached hydrogens (tertiary/aromatic N) is 3. The number of hydrogen-bond donors (Lipinski definition) is 1. The van der Waals surface area contributed by atoms with E-state index in [1.54, 1.807) is 41.2 Å². The van der Waals surface area contributed by atoms with Crippen LogP contribution in [0.2, 0.25) is 0 Å². The molecule has 1 aromatic heterocycles. The average Bonchev–Trinajstić information content (AvgIpc) is 2.91. The predicted octanol–water partition coefficient (Wildman–Crippen LogP) is 1.86. The number of rotatable bonds is 3. The highest BCUT2D eigenvalue weighted by atomic mass is 32.2. The lowest BCUT2D eigenvalue weighted by molar-refractivity contribution is -0.135. The highest BCUT2D eigenvalue weighted by Gasteiger charge is 2.38. The summed E-state index contributed by atoms with van der Waals surface area (Å²) >= 11 is 1.75. The van der Waals surface area contributed by atoms with Crippen molar-refractivity contribution in [1.29, 1.82) is 0 Å². The Hall–Kier alpha value is -2.28. The van der Waals surface area contributed by atoms with Crippen LogP contribution in [0.15, 0.2) is 47.4 Å². The maximum Gasteiger partial charge on any atom is 0.352 e. The zero-order chi connectivity index (χ0) is 16.7. The van der Waals surface area contributed by atoms with E-state index in [-0.39, 0.29) is 11.3 Å². The Morgan fingerprint density at radius 2 is 2.29 bits per heavy atom. The standard InChI is InChI=1S/C17H17N3O3S/c21-16-11(3-6-19(16)13-2-1-5-18-9-13)8-12-10-24-14-4-7-20(14)15(12)17(22)23/h1-2,5,8-9,14H,3-4,6-7,10H2,(H,22,23). The van der Waals surface area contributed by atoms with Crippen molar-refractivity contribution in [3.63, 3.8) is 0 Å². The smallest absolute Gasteiger partial charge is 0.352 e. The summed E-state index contributed by atoms with van der Waals surface area (Å²) in [7, 11) is 0. The summed E-state index contributed by atoms with van der Waals surface area (Å²) in [6, 6.07) is 3.66. The van der Waals surface area contributed by atoms with E-state index >= 15 is 0 Å². The van der Waals surface area contributed by atoms with Gasteiger partial charge in [-0.2, -0.15) is 0 Å². The fourth-order valence-electron chi connectivity index (χ4n) is 3.32. The Kier molecular flexibility index (Phi) is 3.80. The molecule has 1 unspecified atom stereocenters. The predicted molar refractivity (Wildman–Crippen MR) is 91.5 cm³/mol. The first-order chi connectivity index (χ1) is 11.6. The van der Waals surface area contributed by atoms with Crippen molar-refractivity contribution >= 4 is 29.3 Å². The summed E-state index contributed by atoms with van der Waals surface area (Å²) in [5.41, 5.74) is 2.57. The molecule has 0 aromatic carbocycles. The first-order valence-corrected chi connectivity index (χ1v) is 8.97. The number of allylic oxidation sites excluding steroid dienone is 1. The molecule has 4 rings (SSSR count). The van der Waals surface area contributed by atoms with E-state index in [4.69, 9.17) is 0 Å². The van der Waals surface area contributed by atoms with Crippen molar-refractivity contribution in [2.45, 2.75) is 18.2 Å². The maximum atomic E-state index is 12.7. The molecule has 4 heterocycles. The first kappa shape index (κ1) is 15.3. The maximum absolute atomic E-state index is 12.7. The number of pyridine rings is 1. The summed E-state index contributed by atoms with van der Waals surface area (Å²) < 4.78 is 0. The van der Waals surface area contributed by atoms with Crippen LogP contribution in [0, 0.1) is 0 Å². The molecule has 0 bridgehead atoms. The van der Waals surface area contributed by atoms with Crippen LogP contribution in [0.5, 0.6) is 0 Å². The number of carboxylic acid groups (broad SMARTS) is 1. The van der Waals surface area contributed by atoms with Crippen molar-refractivity contribution in [3.8, 4) is 0 Å². The van der Waals surface area contributed by atoms with Gasteiger partial charge < -0.3 is 14.9 Å². The van der Waals surface area contributed by atoms with Gasteiger partial charge in [-0.05, 0) is 36.6 Å². The third kappa shape index (κ3) is 2.49. The largest absolute Gasteiger partial charge is 0.477 e. The topological polar surface area (TPSA) is 73.7 Å². The number of carbonyl (C=O) groups excluding carboxylic acids is 1. The summed E-state index contributed by atoms with van der Waals surface area (Å²) in [5, 5.41) is 9.84. The monoisotopic (exact) mass is 343 g/mol. The van der Waals surface area contributed by atoms with Crippen molar-refractivity contribution in [2.24, 2.45) is 0 Å². The SMILES string of the molecule is O=C(O)C1=C(C=C2CCN(c3cccnc3)C2=O)CSC2CCN12. The van der Waals surface area contributed by atoms with E-state index < -0.39 is 5.97 Å². The molecule has 124 valence electrons. The van der Waals surface area contributed by atoms with E-state index in [1.165, 1.54) is 0 Å². The van der Waals surface area contributed by atoms with E-state index in [2.05, 4.69) is 4.98 Å². The van der Waals surface area contributed by atoms with Crippen molar-refractivity contribution in [1.82, 2.24) is 9.88 Å². The van der Waals surface area contributed by atoms with Crippen LogP contribution < -0.4 is 4.90 Å².